The van der Waals surface area contributed by atoms with Crippen LogP contribution in [0, 0.1) is 12.7 Å². The smallest absolute Gasteiger partial charge is 0.344 e. The molecule has 7 heteroatoms. The van der Waals surface area contributed by atoms with Crippen molar-refractivity contribution in [2.75, 3.05) is 5.32 Å². The molecule has 0 aliphatic rings. The second kappa shape index (κ2) is 5.10. The second-order valence-corrected chi connectivity index (χ2v) is 5.24. The number of nitrogens with one attached hydrogen (secondary N) is 1. The Labute approximate surface area is 122 Å². The first-order valence-electron chi connectivity index (χ1n) is 6.00. The fourth-order valence-corrected chi connectivity index (χ4v) is 2.53. The topological polar surface area (TPSA) is 72.2 Å². The molecule has 0 unspecified atom stereocenters. The van der Waals surface area contributed by atoms with Gasteiger partial charge in [0.05, 0.1) is 11.1 Å². The molecule has 0 aliphatic carbocycles. The van der Waals surface area contributed by atoms with E-state index < -0.39 is 17.3 Å². The summed E-state index contributed by atoms with van der Waals surface area (Å²) in [7, 11) is 0. The monoisotopic (exact) mass is 304 g/mol. The van der Waals surface area contributed by atoms with Gasteiger partial charge in [0.25, 0.3) is 5.91 Å². The number of nitrogens with zero attached hydrogens (tertiary/aromatic N) is 1. The van der Waals surface area contributed by atoms with E-state index in [4.69, 9.17) is 4.42 Å². The number of rotatable bonds is 2. The summed E-state index contributed by atoms with van der Waals surface area (Å²) in [5, 5.41) is 5.24. The molecule has 1 amide bonds. The van der Waals surface area contributed by atoms with Crippen LogP contribution in [0.4, 0.5) is 9.52 Å². The zero-order valence-corrected chi connectivity index (χ0v) is 11.7. The van der Waals surface area contributed by atoms with E-state index in [1.54, 1.807) is 12.3 Å². The van der Waals surface area contributed by atoms with Crippen LogP contribution >= 0.6 is 11.3 Å². The molecule has 0 aliphatic heterocycles. The highest BCUT2D eigenvalue weighted by atomic mass is 32.1. The van der Waals surface area contributed by atoms with Gasteiger partial charge in [-0.05, 0) is 36.6 Å². The van der Waals surface area contributed by atoms with Gasteiger partial charge in [0, 0.05) is 5.38 Å². The zero-order chi connectivity index (χ0) is 15.0. The molecule has 2 heterocycles. The molecule has 0 saturated heterocycles. The summed E-state index contributed by atoms with van der Waals surface area (Å²) in [6, 6.07) is 4.99. The first kappa shape index (κ1) is 13.4. The summed E-state index contributed by atoms with van der Waals surface area (Å²) < 4.78 is 18.2. The molecule has 5 nitrogen and oxygen atoms in total. The number of carbonyl (C=O) groups is 1. The first-order valence-corrected chi connectivity index (χ1v) is 6.88. The van der Waals surface area contributed by atoms with E-state index in [2.05, 4.69) is 10.3 Å². The quantitative estimate of drug-likeness (QED) is 0.790. The number of fused-ring (bicyclic) bond motifs is 1. The number of thiazole rings is 1. The van der Waals surface area contributed by atoms with Crippen LogP contribution in [0.3, 0.4) is 0 Å². The number of benzene rings is 1. The van der Waals surface area contributed by atoms with Crippen LogP contribution in [0.2, 0.25) is 0 Å². The molecule has 0 atom stereocenters. The fourth-order valence-electron chi connectivity index (χ4n) is 1.85. The van der Waals surface area contributed by atoms with E-state index >= 15 is 0 Å². The van der Waals surface area contributed by atoms with Gasteiger partial charge in [0.2, 0.25) is 0 Å². The van der Waals surface area contributed by atoms with Gasteiger partial charge in [-0.2, -0.15) is 0 Å². The molecule has 0 saturated carbocycles. The normalized spacial score (nSPS) is 10.8. The van der Waals surface area contributed by atoms with Gasteiger partial charge in [-0.25, -0.2) is 14.2 Å². The van der Waals surface area contributed by atoms with Gasteiger partial charge in [-0.15, -0.1) is 11.3 Å². The predicted molar refractivity (Wildman–Crippen MR) is 77.2 cm³/mol. The Morgan fingerprint density at radius 3 is 2.90 bits per heavy atom. The number of aryl methyl sites for hydroxylation is 1. The molecular weight excluding hydrogens is 295 g/mol. The molecule has 0 bridgehead atoms. The van der Waals surface area contributed by atoms with Crippen LogP contribution in [0.1, 0.15) is 16.2 Å². The van der Waals surface area contributed by atoms with Gasteiger partial charge in [0.1, 0.15) is 5.82 Å². The van der Waals surface area contributed by atoms with E-state index in [0.717, 1.165) is 11.8 Å². The van der Waals surface area contributed by atoms with Gasteiger partial charge >= 0.3 is 5.63 Å². The van der Waals surface area contributed by atoms with Gasteiger partial charge in [-0.3, -0.25) is 10.1 Å². The minimum Gasteiger partial charge on any atom is -0.417 e. The summed E-state index contributed by atoms with van der Waals surface area (Å²) in [5.74, 6) is -1.28. The number of carbonyl (C=O) groups excluding carboxylic acids is 1. The number of hydrogen-bond acceptors (Lipinski definition) is 5. The van der Waals surface area contributed by atoms with Crippen molar-refractivity contribution in [2.45, 2.75) is 6.92 Å². The lowest BCUT2D eigenvalue weighted by molar-refractivity contribution is 0.0993. The lowest BCUT2D eigenvalue weighted by Crippen LogP contribution is -2.14. The van der Waals surface area contributed by atoms with E-state index in [-0.39, 0.29) is 11.1 Å². The number of amides is 1. The van der Waals surface area contributed by atoms with Gasteiger partial charge < -0.3 is 4.42 Å². The maximum atomic E-state index is 13.2. The van der Waals surface area contributed by atoms with E-state index in [1.165, 1.54) is 29.5 Å². The first-order chi connectivity index (χ1) is 10.0. The highest BCUT2D eigenvalue weighted by Crippen LogP contribution is 2.17. The van der Waals surface area contributed by atoms with Crippen LogP contribution in [-0.2, 0) is 0 Å². The van der Waals surface area contributed by atoms with E-state index in [9.17, 15) is 14.0 Å². The molecule has 0 fully saturated rings. The van der Waals surface area contributed by atoms with Gasteiger partial charge in [0.15, 0.2) is 10.9 Å². The van der Waals surface area contributed by atoms with Crippen molar-refractivity contribution in [3.8, 4) is 0 Å². The average molecular weight is 304 g/mol. The Balaban J connectivity index is 2.00. The summed E-state index contributed by atoms with van der Waals surface area (Å²) in [4.78, 5) is 27.9. The lowest BCUT2D eigenvalue weighted by atomic mass is 10.1. The summed E-state index contributed by atoms with van der Waals surface area (Å²) >= 11 is 1.26. The molecule has 21 heavy (non-hydrogen) atoms. The van der Waals surface area contributed by atoms with E-state index in [0.29, 0.717) is 10.5 Å². The van der Waals surface area contributed by atoms with Crippen LogP contribution in [0.5, 0.6) is 0 Å². The molecule has 1 N–H and O–H groups in total. The third-order valence-corrected chi connectivity index (χ3v) is 3.66. The van der Waals surface area contributed by atoms with Crippen molar-refractivity contribution in [2.24, 2.45) is 0 Å². The molecule has 1 aromatic carbocycles. The van der Waals surface area contributed by atoms with Crippen molar-refractivity contribution in [3.63, 3.8) is 0 Å². The molecule has 106 valence electrons. The largest absolute Gasteiger partial charge is 0.417 e. The maximum absolute atomic E-state index is 13.2. The minimum absolute atomic E-state index is 0.189. The number of hydrogen-bond donors (Lipinski definition) is 1. The number of anilines is 1. The average Bonchev–Trinajstić information content (AvgIpc) is 2.83. The lowest BCUT2D eigenvalue weighted by Gasteiger charge is -2.02. The highest BCUT2D eigenvalue weighted by molar-refractivity contribution is 7.13. The molecule has 3 rings (SSSR count). The van der Waals surface area contributed by atoms with Crippen LogP contribution < -0.4 is 10.9 Å². The summed E-state index contributed by atoms with van der Waals surface area (Å²) in [6.45, 7) is 1.80. The Bertz CT molecular complexity index is 901. The number of halogens is 1. The van der Waals surface area contributed by atoms with Gasteiger partial charge in [-0.1, -0.05) is 0 Å². The van der Waals surface area contributed by atoms with Crippen molar-refractivity contribution in [3.05, 3.63) is 57.3 Å². The SMILES string of the molecule is Cc1csc(NC(=O)c2cc3cc(F)ccc3c(=O)o2)n1. The zero-order valence-electron chi connectivity index (χ0n) is 10.8. The summed E-state index contributed by atoms with van der Waals surface area (Å²) in [6.07, 6.45) is 0. The Morgan fingerprint density at radius 1 is 1.38 bits per heavy atom. The van der Waals surface area contributed by atoms with Crippen LogP contribution in [-0.4, -0.2) is 10.9 Å². The Kier molecular flexibility index (Phi) is 3.26. The third-order valence-electron chi connectivity index (χ3n) is 2.79. The standard InChI is InChI=1S/C14H9FN2O3S/c1-7-6-21-14(16-7)17-12(18)11-5-8-4-9(15)2-3-10(8)13(19)20-11/h2-6H,1H3,(H,16,17,18). The minimum atomic E-state index is -0.687. The third kappa shape index (κ3) is 2.68. The molecule has 0 radical (unpaired) electrons. The molecular formula is C14H9FN2O3S. The molecule has 0 spiro atoms. The Hall–Kier alpha value is -2.54. The van der Waals surface area contributed by atoms with Crippen LogP contribution in [0.15, 0.2) is 38.9 Å². The highest BCUT2D eigenvalue weighted by Gasteiger charge is 2.14. The Morgan fingerprint density at radius 2 is 2.19 bits per heavy atom. The maximum Gasteiger partial charge on any atom is 0.344 e. The van der Waals surface area contributed by atoms with Crippen LogP contribution in [0.25, 0.3) is 10.8 Å². The van der Waals surface area contributed by atoms with Crippen molar-refractivity contribution in [1.82, 2.24) is 4.98 Å². The van der Waals surface area contributed by atoms with E-state index in [1.807, 2.05) is 0 Å². The number of aromatic nitrogens is 1. The van der Waals surface area contributed by atoms with Crippen molar-refractivity contribution >= 4 is 33.1 Å². The van der Waals surface area contributed by atoms with Crippen molar-refractivity contribution < 1.29 is 13.6 Å². The second-order valence-electron chi connectivity index (χ2n) is 4.38. The summed E-state index contributed by atoms with van der Waals surface area (Å²) in [5.41, 5.74) is 0.0882. The predicted octanol–water partition coefficient (Wildman–Crippen LogP) is 2.95. The van der Waals surface area contributed by atoms with Crippen molar-refractivity contribution in [1.29, 1.82) is 0 Å². The molecule has 2 aromatic heterocycles. The fraction of sp³-hybridized carbons (Fsp3) is 0.0714. The molecule has 3 aromatic rings.